The van der Waals surface area contributed by atoms with Gasteiger partial charge in [-0.3, -0.25) is 0 Å². The zero-order chi connectivity index (χ0) is 22.2. The molecule has 2 aromatic rings. The average Bonchev–Trinajstić information content (AvgIpc) is 3.09. The molecule has 0 spiro atoms. The van der Waals surface area contributed by atoms with Crippen LogP contribution in [0.15, 0.2) is 18.2 Å². The van der Waals surface area contributed by atoms with Crippen molar-refractivity contribution in [3.8, 4) is 0 Å². The second-order valence-electron chi connectivity index (χ2n) is 10.1. The first-order chi connectivity index (χ1) is 14.9. The van der Waals surface area contributed by atoms with E-state index in [1.54, 1.807) is 0 Å². The summed E-state index contributed by atoms with van der Waals surface area (Å²) in [5.74, 6) is 2.01. The molecule has 31 heavy (non-hydrogen) atoms. The van der Waals surface area contributed by atoms with E-state index in [-0.39, 0.29) is 0 Å². The van der Waals surface area contributed by atoms with Crippen LogP contribution in [0.2, 0.25) is 0 Å². The van der Waals surface area contributed by atoms with E-state index < -0.39 is 0 Å². The molecule has 3 N–H and O–H groups in total. The van der Waals surface area contributed by atoms with Crippen LogP contribution in [-0.4, -0.2) is 83.6 Å². The Bertz CT molecular complexity index is 765. The van der Waals surface area contributed by atoms with Gasteiger partial charge < -0.3 is 25.4 Å². The highest BCUT2D eigenvalue weighted by Crippen LogP contribution is 2.19. The Hall–Kier alpha value is -1.63. The van der Waals surface area contributed by atoms with Crippen molar-refractivity contribution in [2.24, 2.45) is 11.8 Å². The second kappa shape index (κ2) is 11.8. The molecular formula is C25H44N6. The van der Waals surface area contributed by atoms with E-state index in [0.29, 0.717) is 5.95 Å². The molecule has 6 heteroatoms. The molecule has 1 saturated heterocycles. The van der Waals surface area contributed by atoms with Crippen molar-refractivity contribution in [1.29, 1.82) is 0 Å². The molecule has 1 aliphatic rings. The Morgan fingerprint density at radius 2 is 1.58 bits per heavy atom. The number of benzene rings is 1. The van der Waals surface area contributed by atoms with Crippen LogP contribution in [0.25, 0.3) is 11.0 Å². The quantitative estimate of drug-likeness (QED) is 0.540. The van der Waals surface area contributed by atoms with Gasteiger partial charge in [0.05, 0.1) is 11.0 Å². The lowest BCUT2D eigenvalue weighted by Gasteiger charge is -2.35. The van der Waals surface area contributed by atoms with Crippen LogP contribution < -0.4 is 5.73 Å². The molecule has 0 bridgehead atoms. The molecule has 174 valence electrons. The van der Waals surface area contributed by atoms with E-state index in [1.165, 1.54) is 77.3 Å². The summed E-state index contributed by atoms with van der Waals surface area (Å²) in [6.45, 7) is 20.2. The minimum atomic E-state index is 0.509. The molecule has 0 saturated carbocycles. The van der Waals surface area contributed by atoms with Crippen molar-refractivity contribution in [3.63, 3.8) is 0 Å². The smallest absolute Gasteiger partial charge is 0.198 e. The SMILES string of the molecule is CC(C)CN(CCCN1CCN(CCCc2cccc3[nH]c(N)nc23)CC1)CC(C)C. The maximum atomic E-state index is 5.83. The van der Waals surface area contributed by atoms with E-state index in [4.69, 9.17) is 5.73 Å². The summed E-state index contributed by atoms with van der Waals surface area (Å²) in [5, 5.41) is 0. The molecule has 1 aromatic heterocycles. The van der Waals surface area contributed by atoms with Gasteiger partial charge in [-0.1, -0.05) is 39.8 Å². The minimum absolute atomic E-state index is 0.509. The largest absolute Gasteiger partial charge is 0.369 e. The summed E-state index contributed by atoms with van der Waals surface area (Å²) in [4.78, 5) is 15.5. The minimum Gasteiger partial charge on any atom is -0.369 e. The summed E-state index contributed by atoms with van der Waals surface area (Å²) in [7, 11) is 0. The molecule has 2 heterocycles. The number of anilines is 1. The molecule has 0 atom stereocenters. The van der Waals surface area contributed by atoms with E-state index in [2.05, 4.69) is 64.5 Å². The number of aromatic amines is 1. The molecule has 3 rings (SSSR count). The van der Waals surface area contributed by atoms with E-state index >= 15 is 0 Å². The Kier molecular flexibility index (Phi) is 9.17. The lowest BCUT2D eigenvalue weighted by atomic mass is 10.1. The van der Waals surface area contributed by atoms with Crippen LogP contribution in [0, 0.1) is 11.8 Å². The first-order valence-electron chi connectivity index (χ1n) is 12.3. The Morgan fingerprint density at radius 3 is 2.19 bits per heavy atom. The lowest BCUT2D eigenvalue weighted by Crippen LogP contribution is -2.47. The van der Waals surface area contributed by atoms with Crippen molar-refractivity contribution >= 4 is 17.0 Å². The number of piperazine rings is 1. The Labute approximate surface area is 189 Å². The van der Waals surface area contributed by atoms with Gasteiger partial charge in [-0.05, 0) is 62.4 Å². The molecule has 0 unspecified atom stereocenters. The van der Waals surface area contributed by atoms with E-state index in [1.807, 2.05) is 6.07 Å². The van der Waals surface area contributed by atoms with Gasteiger partial charge in [0.2, 0.25) is 0 Å². The monoisotopic (exact) mass is 428 g/mol. The van der Waals surface area contributed by atoms with Crippen molar-refractivity contribution in [3.05, 3.63) is 23.8 Å². The van der Waals surface area contributed by atoms with Crippen LogP contribution in [0.1, 0.15) is 46.1 Å². The van der Waals surface area contributed by atoms with Crippen LogP contribution in [0.3, 0.4) is 0 Å². The third kappa shape index (κ3) is 7.78. The average molecular weight is 429 g/mol. The number of aromatic nitrogens is 2. The number of H-pyrrole nitrogens is 1. The summed E-state index contributed by atoms with van der Waals surface area (Å²) in [6, 6.07) is 6.33. The summed E-state index contributed by atoms with van der Waals surface area (Å²) >= 11 is 0. The van der Waals surface area contributed by atoms with Gasteiger partial charge in [-0.15, -0.1) is 0 Å². The first-order valence-corrected chi connectivity index (χ1v) is 12.3. The van der Waals surface area contributed by atoms with Crippen LogP contribution in [0.5, 0.6) is 0 Å². The standard InChI is InChI=1S/C25H44N6/c1-20(2)18-31(19-21(3)4)13-7-12-30-16-14-29(15-17-30)11-6-9-22-8-5-10-23-24(22)28-25(26)27-23/h5,8,10,20-21H,6-7,9,11-19H2,1-4H3,(H3,26,27,28). The fourth-order valence-corrected chi connectivity index (χ4v) is 4.85. The van der Waals surface area contributed by atoms with Gasteiger partial charge in [-0.2, -0.15) is 0 Å². The molecule has 1 fully saturated rings. The molecule has 0 radical (unpaired) electrons. The highest BCUT2D eigenvalue weighted by Gasteiger charge is 2.17. The number of hydrogen-bond acceptors (Lipinski definition) is 5. The number of para-hydroxylation sites is 1. The summed E-state index contributed by atoms with van der Waals surface area (Å²) in [5.41, 5.74) is 9.21. The molecule has 1 aliphatic heterocycles. The topological polar surface area (TPSA) is 64.4 Å². The lowest BCUT2D eigenvalue weighted by molar-refractivity contribution is 0.123. The highest BCUT2D eigenvalue weighted by atomic mass is 15.3. The normalized spacial score (nSPS) is 16.4. The first kappa shape index (κ1) is 24.0. The van der Waals surface area contributed by atoms with Gasteiger partial charge >= 0.3 is 0 Å². The molecule has 6 nitrogen and oxygen atoms in total. The summed E-state index contributed by atoms with van der Waals surface area (Å²) < 4.78 is 0. The van der Waals surface area contributed by atoms with Crippen molar-refractivity contribution in [1.82, 2.24) is 24.7 Å². The van der Waals surface area contributed by atoms with Gasteiger partial charge in [0.1, 0.15) is 0 Å². The number of rotatable bonds is 12. The number of nitrogen functional groups attached to an aromatic ring is 1. The van der Waals surface area contributed by atoms with Crippen molar-refractivity contribution in [2.75, 3.05) is 64.6 Å². The molecule has 1 aromatic carbocycles. The fraction of sp³-hybridized carbons (Fsp3) is 0.720. The fourth-order valence-electron chi connectivity index (χ4n) is 4.85. The molecule has 0 aliphatic carbocycles. The van der Waals surface area contributed by atoms with Crippen LogP contribution in [0.4, 0.5) is 5.95 Å². The maximum Gasteiger partial charge on any atom is 0.198 e. The Balaban J connectivity index is 1.33. The number of nitrogens with two attached hydrogens (primary N) is 1. The number of nitrogens with one attached hydrogen (secondary N) is 1. The molecule has 0 amide bonds. The van der Waals surface area contributed by atoms with Gasteiger partial charge in [0.15, 0.2) is 5.95 Å². The third-order valence-electron chi connectivity index (χ3n) is 6.20. The number of aryl methyl sites for hydroxylation is 1. The number of nitrogens with zero attached hydrogens (tertiary/aromatic N) is 4. The van der Waals surface area contributed by atoms with Crippen LogP contribution in [-0.2, 0) is 6.42 Å². The molecular weight excluding hydrogens is 384 g/mol. The van der Waals surface area contributed by atoms with Crippen molar-refractivity contribution in [2.45, 2.75) is 47.0 Å². The van der Waals surface area contributed by atoms with Gasteiger partial charge in [0, 0.05) is 39.3 Å². The van der Waals surface area contributed by atoms with Gasteiger partial charge in [-0.25, -0.2) is 4.98 Å². The second-order valence-corrected chi connectivity index (χ2v) is 10.1. The number of fused-ring (bicyclic) bond motifs is 1. The van der Waals surface area contributed by atoms with Crippen molar-refractivity contribution < 1.29 is 0 Å². The highest BCUT2D eigenvalue weighted by molar-refractivity contribution is 5.80. The number of hydrogen-bond donors (Lipinski definition) is 2. The summed E-state index contributed by atoms with van der Waals surface area (Å²) in [6.07, 6.45) is 3.52. The predicted molar refractivity (Wildman–Crippen MR) is 132 cm³/mol. The Morgan fingerprint density at radius 1 is 0.968 bits per heavy atom. The van der Waals surface area contributed by atoms with Crippen LogP contribution >= 0.6 is 0 Å². The predicted octanol–water partition coefficient (Wildman–Crippen LogP) is 3.70. The number of imidazole rings is 1. The third-order valence-corrected chi connectivity index (χ3v) is 6.20. The zero-order valence-corrected chi connectivity index (χ0v) is 20.2. The van der Waals surface area contributed by atoms with E-state index in [0.717, 1.165) is 29.3 Å². The zero-order valence-electron chi connectivity index (χ0n) is 20.2. The van der Waals surface area contributed by atoms with Gasteiger partial charge in [0.25, 0.3) is 0 Å². The van der Waals surface area contributed by atoms with E-state index in [9.17, 15) is 0 Å². The maximum absolute atomic E-state index is 5.83.